The number of anilines is 1. The van der Waals surface area contributed by atoms with Crippen LogP contribution in [0.15, 0.2) is 42.5 Å². The number of nitrogen functional groups attached to an aromatic ring is 1. The first-order chi connectivity index (χ1) is 11.8. The molecule has 0 bridgehead atoms. The second kappa shape index (κ2) is 8.82. The molecule has 0 aliphatic rings. The van der Waals surface area contributed by atoms with Crippen LogP contribution in [0.2, 0.25) is 0 Å². The molecule has 1 unspecified atom stereocenters. The fraction of sp³-hybridized carbons (Fsp3) is 0.176. The summed E-state index contributed by atoms with van der Waals surface area (Å²) in [6, 6.07) is 9.38. The molecular weight excluding hydrogens is 360 g/mol. The van der Waals surface area contributed by atoms with Gasteiger partial charge in [-0.15, -0.1) is 12.4 Å². The van der Waals surface area contributed by atoms with E-state index in [0.717, 1.165) is 0 Å². The maximum Gasteiger partial charge on any atom is 0.272 e. The van der Waals surface area contributed by atoms with Crippen LogP contribution in [0.3, 0.4) is 0 Å². The SMILES string of the molecule is CCc1cc(C(Nc2ccc(C(=N)N)cc2)C(=O)[O-])ccc1[N+](=O)[O-].Cl. The first-order valence-electron chi connectivity index (χ1n) is 7.52. The molecule has 0 aliphatic heterocycles. The second-order valence-corrected chi connectivity index (χ2v) is 5.39. The summed E-state index contributed by atoms with van der Waals surface area (Å²) in [4.78, 5) is 22.0. The first-order valence-corrected chi connectivity index (χ1v) is 7.52. The van der Waals surface area contributed by atoms with E-state index in [2.05, 4.69) is 5.32 Å². The maximum atomic E-state index is 11.5. The smallest absolute Gasteiger partial charge is 0.272 e. The Labute approximate surface area is 156 Å². The Bertz CT molecular complexity index is 824. The van der Waals surface area contributed by atoms with Gasteiger partial charge in [-0.1, -0.05) is 6.92 Å². The molecule has 0 spiro atoms. The zero-order chi connectivity index (χ0) is 18.6. The molecule has 0 fully saturated rings. The third-order valence-electron chi connectivity index (χ3n) is 3.76. The molecule has 2 rings (SSSR count). The lowest BCUT2D eigenvalue weighted by Gasteiger charge is -2.22. The molecule has 0 amide bonds. The predicted molar refractivity (Wildman–Crippen MR) is 98.6 cm³/mol. The molecule has 0 aliphatic carbocycles. The normalized spacial score (nSPS) is 11.1. The highest BCUT2D eigenvalue weighted by molar-refractivity contribution is 5.95. The third-order valence-corrected chi connectivity index (χ3v) is 3.76. The van der Waals surface area contributed by atoms with Crippen LogP contribution in [-0.4, -0.2) is 16.7 Å². The molecule has 4 N–H and O–H groups in total. The lowest BCUT2D eigenvalue weighted by atomic mass is 10.0. The second-order valence-electron chi connectivity index (χ2n) is 5.39. The van der Waals surface area contributed by atoms with E-state index in [1.54, 1.807) is 31.2 Å². The topological polar surface area (TPSA) is 145 Å². The largest absolute Gasteiger partial charge is 0.548 e. The van der Waals surface area contributed by atoms with Crippen molar-refractivity contribution in [3.8, 4) is 0 Å². The van der Waals surface area contributed by atoms with E-state index in [1.807, 2.05) is 0 Å². The minimum Gasteiger partial charge on any atom is -0.548 e. The lowest BCUT2D eigenvalue weighted by Crippen LogP contribution is -2.34. The van der Waals surface area contributed by atoms with E-state index in [9.17, 15) is 20.0 Å². The molecule has 26 heavy (non-hydrogen) atoms. The van der Waals surface area contributed by atoms with Crippen molar-refractivity contribution < 1.29 is 14.8 Å². The molecule has 0 aromatic heterocycles. The van der Waals surface area contributed by atoms with Crippen molar-refractivity contribution in [3.05, 3.63) is 69.3 Å². The molecule has 138 valence electrons. The van der Waals surface area contributed by atoms with Crippen LogP contribution >= 0.6 is 12.4 Å². The van der Waals surface area contributed by atoms with E-state index >= 15 is 0 Å². The summed E-state index contributed by atoms with van der Waals surface area (Å²) < 4.78 is 0. The molecule has 2 aromatic carbocycles. The average Bonchev–Trinajstić information content (AvgIpc) is 2.59. The number of amidine groups is 1. The molecule has 2 aromatic rings. The summed E-state index contributed by atoms with van der Waals surface area (Å²) in [6.07, 6.45) is 0.400. The van der Waals surface area contributed by atoms with Gasteiger partial charge >= 0.3 is 0 Å². The summed E-state index contributed by atoms with van der Waals surface area (Å²) in [5.74, 6) is -1.45. The molecule has 9 heteroatoms. The van der Waals surface area contributed by atoms with Crippen molar-refractivity contribution in [1.29, 1.82) is 5.41 Å². The highest BCUT2D eigenvalue weighted by Crippen LogP contribution is 2.26. The Morgan fingerprint density at radius 3 is 2.35 bits per heavy atom. The number of carboxylic acids is 1. The van der Waals surface area contributed by atoms with Crippen LogP contribution < -0.4 is 16.2 Å². The number of benzene rings is 2. The number of nitrogens with two attached hydrogens (primary N) is 1. The zero-order valence-electron chi connectivity index (χ0n) is 13.9. The summed E-state index contributed by atoms with van der Waals surface area (Å²) in [5, 5.41) is 32.7. The number of aliphatic carboxylic acids is 1. The van der Waals surface area contributed by atoms with E-state index in [0.29, 0.717) is 28.8 Å². The number of nitrogens with one attached hydrogen (secondary N) is 2. The van der Waals surface area contributed by atoms with Gasteiger partial charge in [0.15, 0.2) is 0 Å². The molecule has 0 saturated carbocycles. The standard InChI is InChI=1S/C17H18N4O4.ClH/c1-2-10-9-12(5-8-14(10)21(24)25)15(17(22)23)20-13-6-3-11(4-7-13)16(18)19;/h3-9,15,20H,2H2,1H3,(H3,18,19)(H,22,23);1H/p-1. The Morgan fingerprint density at radius 1 is 1.27 bits per heavy atom. The van der Waals surface area contributed by atoms with Crippen molar-refractivity contribution >= 4 is 35.6 Å². The molecule has 8 nitrogen and oxygen atoms in total. The van der Waals surface area contributed by atoms with E-state index in [4.69, 9.17) is 11.1 Å². The summed E-state index contributed by atoms with van der Waals surface area (Å²) >= 11 is 0. The van der Waals surface area contributed by atoms with Crippen LogP contribution in [0.25, 0.3) is 0 Å². The number of nitro groups is 1. The van der Waals surface area contributed by atoms with Gasteiger partial charge in [0.05, 0.1) is 16.9 Å². The van der Waals surface area contributed by atoms with Gasteiger partial charge in [0.25, 0.3) is 5.69 Å². The number of rotatable bonds is 7. The predicted octanol–water partition coefficient (Wildman–Crippen LogP) is 1.77. The van der Waals surface area contributed by atoms with Crippen LogP contribution in [0.1, 0.15) is 29.7 Å². The van der Waals surface area contributed by atoms with Gasteiger partial charge in [0.2, 0.25) is 0 Å². The van der Waals surface area contributed by atoms with Gasteiger partial charge in [-0.25, -0.2) is 0 Å². The zero-order valence-corrected chi connectivity index (χ0v) is 14.7. The highest BCUT2D eigenvalue weighted by atomic mass is 35.5. The number of carbonyl (C=O) groups is 1. The quantitative estimate of drug-likeness (QED) is 0.290. The van der Waals surface area contributed by atoms with E-state index in [1.165, 1.54) is 18.2 Å². The summed E-state index contributed by atoms with van der Waals surface area (Å²) in [7, 11) is 0. The minimum absolute atomic E-state index is 0. The van der Waals surface area contributed by atoms with Crippen LogP contribution in [0, 0.1) is 15.5 Å². The van der Waals surface area contributed by atoms with Gasteiger partial charge in [-0.05, 0) is 48.4 Å². The molecule has 0 saturated heterocycles. The Balaban J connectivity index is 0.00000338. The number of nitrogens with zero attached hydrogens (tertiary/aromatic N) is 1. The molecule has 1 atom stereocenters. The van der Waals surface area contributed by atoms with Crippen molar-refractivity contribution in [1.82, 2.24) is 0 Å². The summed E-state index contributed by atoms with van der Waals surface area (Å²) in [6.45, 7) is 1.76. The number of carboxylic acid groups (broad SMARTS) is 1. The number of halogens is 1. The number of nitro benzene ring substituents is 1. The van der Waals surface area contributed by atoms with Crippen molar-refractivity contribution in [2.75, 3.05) is 5.32 Å². The van der Waals surface area contributed by atoms with Gasteiger partial charge in [0.1, 0.15) is 5.84 Å². The number of hydrogen-bond donors (Lipinski definition) is 3. The van der Waals surface area contributed by atoms with Gasteiger partial charge in [0, 0.05) is 22.9 Å². The van der Waals surface area contributed by atoms with Crippen molar-refractivity contribution in [3.63, 3.8) is 0 Å². The Morgan fingerprint density at radius 2 is 1.88 bits per heavy atom. The monoisotopic (exact) mass is 377 g/mol. The fourth-order valence-electron chi connectivity index (χ4n) is 2.44. The number of hydrogen-bond acceptors (Lipinski definition) is 6. The van der Waals surface area contributed by atoms with Crippen molar-refractivity contribution in [2.45, 2.75) is 19.4 Å². The van der Waals surface area contributed by atoms with Gasteiger partial charge in [-0.3, -0.25) is 15.5 Å². The molecule has 0 radical (unpaired) electrons. The van der Waals surface area contributed by atoms with E-state index < -0.39 is 16.9 Å². The van der Waals surface area contributed by atoms with Crippen LogP contribution in [-0.2, 0) is 11.2 Å². The first kappa shape index (κ1) is 20.9. The summed E-state index contributed by atoms with van der Waals surface area (Å²) in [5.41, 5.74) is 7.15. The Hall–Kier alpha value is -3.13. The van der Waals surface area contributed by atoms with Crippen LogP contribution in [0.5, 0.6) is 0 Å². The fourth-order valence-corrected chi connectivity index (χ4v) is 2.44. The molecular formula is C17H18ClN4O4-. The minimum atomic E-state index is -1.36. The number of carbonyl (C=O) groups excluding carboxylic acids is 1. The highest BCUT2D eigenvalue weighted by Gasteiger charge is 2.18. The Kier molecular flexibility index (Phi) is 7.09. The van der Waals surface area contributed by atoms with E-state index in [-0.39, 0.29) is 23.9 Å². The van der Waals surface area contributed by atoms with Gasteiger partial charge < -0.3 is 21.0 Å². The lowest BCUT2D eigenvalue weighted by molar-refractivity contribution is -0.385. The maximum absolute atomic E-state index is 11.5. The third kappa shape index (κ3) is 4.70. The number of aryl methyl sites for hydroxylation is 1. The van der Waals surface area contributed by atoms with Crippen LogP contribution in [0.4, 0.5) is 11.4 Å². The average molecular weight is 378 g/mol. The van der Waals surface area contributed by atoms with Gasteiger partial charge in [-0.2, -0.15) is 0 Å². The molecule has 0 heterocycles. The van der Waals surface area contributed by atoms with Crippen molar-refractivity contribution in [2.24, 2.45) is 5.73 Å².